The van der Waals surface area contributed by atoms with Gasteiger partial charge in [0.2, 0.25) is 0 Å². The first-order chi connectivity index (χ1) is 9.62. The van der Waals surface area contributed by atoms with Crippen LogP contribution in [-0.2, 0) is 0 Å². The Bertz CT molecular complexity index is 413. The highest BCUT2D eigenvalue weighted by atomic mass is 16.5. The molecule has 0 heterocycles. The molecule has 0 radical (unpaired) electrons. The zero-order valence-corrected chi connectivity index (χ0v) is 12.5. The van der Waals surface area contributed by atoms with Crippen LogP contribution in [0.25, 0.3) is 0 Å². The third-order valence-corrected chi connectivity index (χ3v) is 3.14. The van der Waals surface area contributed by atoms with E-state index in [4.69, 9.17) is 15.2 Å². The van der Waals surface area contributed by atoms with E-state index < -0.39 is 0 Å². The van der Waals surface area contributed by atoms with Crippen molar-refractivity contribution < 1.29 is 14.3 Å². The lowest BCUT2D eigenvalue weighted by Crippen LogP contribution is -2.27. The first-order valence-corrected chi connectivity index (χ1v) is 6.81. The zero-order chi connectivity index (χ0) is 15.0. The van der Waals surface area contributed by atoms with Gasteiger partial charge in [-0.3, -0.25) is 4.79 Å². The molecule has 0 bridgehead atoms. The number of amides is 1. The van der Waals surface area contributed by atoms with Crippen molar-refractivity contribution in [2.75, 3.05) is 34.4 Å². The maximum atomic E-state index is 12.3. The molecule has 0 saturated carbocycles. The third kappa shape index (κ3) is 4.74. The molecule has 1 aromatic carbocycles. The Labute approximate surface area is 120 Å². The number of unbranched alkanes of at least 4 members (excludes halogenated alkanes) is 2. The lowest BCUT2D eigenvalue weighted by atomic mass is 10.1. The van der Waals surface area contributed by atoms with E-state index in [0.29, 0.717) is 23.6 Å². The number of hydrogen-bond acceptors (Lipinski definition) is 4. The molecule has 20 heavy (non-hydrogen) atoms. The van der Waals surface area contributed by atoms with E-state index in [1.54, 1.807) is 44.4 Å². The Hall–Kier alpha value is -1.75. The Morgan fingerprint density at radius 2 is 1.70 bits per heavy atom. The predicted octanol–water partition coefficient (Wildman–Crippen LogP) is 1.90. The summed E-state index contributed by atoms with van der Waals surface area (Å²) in [5.74, 6) is 1.20. The van der Waals surface area contributed by atoms with Gasteiger partial charge >= 0.3 is 0 Å². The smallest absolute Gasteiger partial charge is 0.253 e. The quantitative estimate of drug-likeness (QED) is 0.739. The van der Waals surface area contributed by atoms with Crippen LogP contribution in [0.3, 0.4) is 0 Å². The monoisotopic (exact) mass is 280 g/mol. The minimum absolute atomic E-state index is 0.0325. The normalized spacial score (nSPS) is 10.2. The van der Waals surface area contributed by atoms with Crippen LogP contribution < -0.4 is 15.2 Å². The van der Waals surface area contributed by atoms with Gasteiger partial charge in [-0.25, -0.2) is 0 Å². The molecule has 0 unspecified atom stereocenters. The lowest BCUT2D eigenvalue weighted by Gasteiger charge is -2.18. The van der Waals surface area contributed by atoms with Crippen LogP contribution in [0, 0.1) is 0 Å². The maximum Gasteiger partial charge on any atom is 0.253 e. The van der Waals surface area contributed by atoms with Gasteiger partial charge in [0.25, 0.3) is 5.91 Å². The fraction of sp³-hybridized carbons (Fsp3) is 0.533. The van der Waals surface area contributed by atoms with Crippen LogP contribution in [0.5, 0.6) is 11.5 Å². The molecule has 112 valence electrons. The third-order valence-electron chi connectivity index (χ3n) is 3.14. The molecule has 2 N–H and O–H groups in total. The number of nitrogens with two attached hydrogens (primary N) is 1. The van der Waals surface area contributed by atoms with E-state index in [0.717, 1.165) is 25.8 Å². The topological polar surface area (TPSA) is 64.8 Å². The van der Waals surface area contributed by atoms with Gasteiger partial charge in [0, 0.05) is 25.2 Å². The molecular weight excluding hydrogens is 256 g/mol. The molecular formula is C15H24N2O3. The van der Waals surface area contributed by atoms with E-state index in [1.807, 2.05) is 0 Å². The van der Waals surface area contributed by atoms with Crippen molar-refractivity contribution in [1.82, 2.24) is 4.90 Å². The SMILES string of the molecule is COc1cc(OC)cc(C(=O)N(C)CCCCCN)c1. The minimum Gasteiger partial charge on any atom is -0.497 e. The summed E-state index contributed by atoms with van der Waals surface area (Å²) in [7, 11) is 4.94. The number of hydrogen-bond donors (Lipinski definition) is 1. The highest BCUT2D eigenvalue weighted by Gasteiger charge is 2.14. The highest BCUT2D eigenvalue weighted by Crippen LogP contribution is 2.23. The summed E-state index contributed by atoms with van der Waals surface area (Å²) in [6.45, 7) is 1.42. The van der Waals surface area contributed by atoms with Crippen LogP contribution in [0.15, 0.2) is 18.2 Å². The van der Waals surface area contributed by atoms with E-state index in [-0.39, 0.29) is 5.91 Å². The van der Waals surface area contributed by atoms with E-state index in [1.165, 1.54) is 0 Å². The molecule has 1 rings (SSSR count). The standard InChI is InChI=1S/C15H24N2O3/c1-17(8-6-4-5-7-16)15(18)12-9-13(19-2)11-14(10-12)20-3/h9-11H,4-8,16H2,1-3H3. The number of rotatable bonds is 8. The van der Waals surface area contributed by atoms with Crippen molar-refractivity contribution in [3.8, 4) is 11.5 Å². The fourth-order valence-corrected chi connectivity index (χ4v) is 1.92. The first-order valence-electron chi connectivity index (χ1n) is 6.81. The number of carbonyl (C=O) groups is 1. The summed E-state index contributed by atoms with van der Waals surface area (Å²) < 4.78 is 10.4. The molecule has 1 aromatic rings. The number of nitrogens with zero attached hydrogens (tertiary/aromatic N) is 1. The second-order valence-electron chi connectivity index (χ2n) is 4.68. The number of ether oxygens (including phenoxy) is 2. The molecule has 0 atom stereocenters. The Morgan fingerprint density at radius 3 is 2.20 bits per heavy atom. The number of benzene rings is 1. The van der Waals surface area contributed by atoms with Crippen LogP contribution >= 0.6 is 0 Å². The molecule has 5 heteroatoms. The number of methoxy groups -OCH3 is 2. The number of carbonyl (C=O) groups excluding carboxylic acids is 1. The molecule has 0 aliphatic heterocycles. The van der Waals surface area contributed by atoms with Crippen LogP contribution in [-0.4, -0.2) is 45.2 Å². The van der Waals surface area contributed by atoms with Gasteiger partial charge in [0.05, 0.1) is 14.2 Å². The lowest BCUT2D eigenvalue weighted by molar-refractivity contribution is 0.0792. The van der Waals surface area contributed by atoms with E-state index in [2.05, 4.69) is 0 Å². The molecule has 1 amide bonds. The molecule has 0 saturated heterocycles. The first kappa shape index (κ1) is 16.3. The maximum absolute atomic E-state index is 12.3. The van der Waals surface area contributed by atoms with Crippen molar-refractivity contribution in [3.05, 3.63) is 23.8 Å². The van der Waals surface area contributed by atoms with Crippen molar-refractivity contribution in [2.45, 2.75) is 19.3 Å². The molecule has 0 fully saturated rings. The van der Waals surface area contributed by atoms with E-state index >= 15 is 0 Å². The Balaban J connectivity index is 2.70. The fourth-order valence-electron chi connectivity index (χ4n) is 1.92. The van der Waals surface area contributed by atoms with Gasteiger partial charge in [0.15, 0.2) is 0 Å². The summed E-state index contributed by atoms with van der Waals surface area (Å²) in [4.78, 5) is 14.0. The summed E-state index contributed by atoms with van der Waals surface area (Å²) in [5.41, 5.74) is 6.02. The molecule has 0 spiro atoms. The van der Waals surface area contributed by atoms with Crippen LogP contribution in [0.4, 0.5) is 0 Å². The van der Waals surface area contributed by atoms with Gasteiger partial charge in [0.1, 0.15) is 11.5 Å². The molecule has 0 aliphatic rings. The minimum atomic E-state index is -0.0325. The summed E-state index contributed by atoms with van der Waals surface area (Å²) in [5, 5.41) is 0. The van der Waals surface area contributed by atoms with Gasteiger partial charge in [-0.05, 0) is 31.5 Å². The summed E-state index contributed by atoms with van der Waals surface area (Å²) >= 11 is 0. The summed E-state index contributed by atoms with van der Waals surface area (Å²) in [6, 6.07) is 5.19. The van der Waals surface area contributed by atoms with Crippen molar-refractivity contribution >= 4 is 5.91 Å². The van der Waals surface area contributed by atoms with Gasteiger partial charge in [-0.15, -0.1) is 0 Å². The average Bonchev–Trinajstić information content (AvgIpc) is 2.49. The van der Waals surface area contributed by atoms with Crippen LogP contribution in [0.2, 0.25) is 0 Å². The highest BCUT2D eigenvalue weighted by molar-refractivity contribution is 5.94. The Kier molecular flexibility index (Phi) is 6.87. The second-order valence-corrected chi connectivity index (χ2v) is 4.68. The predicted molar refractivity (Wildman–Crippen MR) is 79.4 cm³/mol. The van der Waals surface area contributed by atoms with Gasteiger partial charge in [-0.2, -0.15) is 0 Å². The van der Waals surface area contributed by atoms with Crippen LogP contribution in [0.1, 0.15) is 29.6 Å². The summed E-state index contributed by atoms with van der Waals surface area (Å²) in [6.07, 6.45) is 2.99. The van der Waals surface area contributed by atoms with Crippen molar-refractivity contribution in [1.29, 1.82) is 0 Å². The van der Waals surface area contributed by atoms with Crippen molar-refractivity contribution in [3.63, 3.8) is 0 Å². The molecule has 0 aromatic heterocycles. The molecule has 5 nitrogen and oxygen atoms in total. The van der Waals surface area contributed by atoms with Gasteiger partial charge in [-0.1, -0.05) is 6.42 Å². The molecule has 0 aliphatic carbocycles. The van der Waals surface area contributed by atoms with Crippen molar-refractivity contribution in [2.24, 2.45) is 5.73 Å². The average molecular weight is 280 g/mol. The Morgan fingerprint density at radius 1 is 1.10 bits per heavy atom. The van der Waals surface area contributed by atoms with E-state index in [9.17, 15) is 4.79 Å². The second kappa shape index (κ2) is 8.43. The van der Waals surface area contributed by atoms with Gasteiger partial charge < -0.3 is 20.1 Å². The zero-order valence-electron chi connectivity index (χ0n) is 12.5. The largest absolute Gasteiger partial charge is 0.497 e.